The van der Waals surface area contributed by atoms with Crippen molar-refractivity contribution < 1.29 is 14.3 Å². The van der Waals surface area contributed by atoms with Crippen LogP contribution in [-0.4, -0.2) is 48.3 Å². The van der Waals surface area contributed by atoms with Crippen molar-refractivity contribution in [3.05, 3.63) is 0 Å². The minimum absolute atomic E-state index is 0.0927. The van der Waals surface area contributed by atoms with Gasteiger partial charge in [0.05, 0.1) is 17.8 Å². The van der Waals surface area contributed by atoms with Crippen LogP contribution in [0.3, 0.4) is 0 Å². The molecule has 2 bridgehead atoms. The predicted octanol–water partition coefficient (Wildman–Crippen LogP) is 1.19. The number of likely N-dealkylation sites (tertiary alicyclic amines) is 1. The summed E-state index contributed by atoms with van der Waals surface area (Å²) in [6, 6.07) is 0. The van der Waals surface area contributed by atoms with E-state index in [-0.39, 0.29) is 30.3 Å². The molecule has 2 fully saturated rings. The van der Waals surface area contributed by atoms with E-state index in [1.807, 2.05) is 25.7 Å². The smallest absolute Gasteiger partial charge is 0.248 e. The Hall–Kier alpha value is -0.610. The number of carbonyl (C=O) groups is 1. The Morgan fingerprint density at radius 1 is 1.31 bits per heavy atom. The molecule has 0 aromatic rings. The second kappa shape index (κ2) is 4.34. The molecule has 16 heavy (non-hydrogen) atoms. The van der Waals surface area contributed by atoms with Gasteiger partial charge in [0.1, 0.15) is 6.61 Å². The van der Waals surface area contributed by atoms with Crippen molar-refractivity contribution in [1.82, 2.24) is 4.90 Å². The van der Waals surface area contributed by atoms with Crippen molar-refractivity contribution >= 4 is 5.91 Å². The molecule has 2 heterocycles. The number of hydrogen-bond acceptors (Lipinski definition) is 3. The highest BCUT2D eigenvalue weighted by atomic mass is 16.5. The molecule has 92 valence electrons. The Morgan fingerprint density at radius 3 is 2.38 bits per heavy atom. The number of amides is 1. The lowest BCUT2D eigenvalue weighted by Gasteiger charge is -2.32. The summed E-state index contributed by atoms with van der Waals surface area (Å²) in [5.74, 6) is 0.0927. The van der Waals surface area contributed by atoms with Crippen molar-refractivity contribution in [2.24, 2.45) is 0 Å². The maximum absolute atomic E-state index is 11.9. The van der Waals surface area contributed by atoms with Crippen LogP contribution >= 0.6 is 0 Å². The third-order valence-electron chi connectivity index (χ3n) is 3.02. The Kier molecular flexibility index (Phi) is 3.22. The molecule has 2 saturated heterocycles. The van der Waals surface area contributed by atoms with Crippen LogP contribution in [0.5, 0.6) is 0 Å². The maximum atomic E-state index is 11.9. The minimum atomic E-state index is -0.249. The predicted molar refractivity (Wildman–Crippen MR) is 60.2 cm³/mol. The third kappa shape index (κ3) is 2.95. The van der Waals surface area contributed by atoms with Crippen molar-refractivity contribution in [2.75, 3.05) is 19.7 Å². The molecule has 0 aliphatic carbocycles. The first-order chi connectivity index (χ1) is 7.44. The molecule has 2 unspecified atom stereocenters. The Morgan fingerprint density at radius 2 is 1.88 bits per heavy atom. The summed E-state index contributed by atoms with van der Waals surface area (Å²) < 4.78 is 11.2. The van der Waals surface area contributed by atoms with Gasteiger partial charge in [-0.25, -0.2) is 0 Å². The van der Waals surface area contributed by atoms with Crippen LogP contribution < -0.4 is 0 Å². The molecule has 4 heteroatoms. The van der Waals surface area contributed by atoms with Crippen molar-refractivity contribution in [3.63, 3.8) is 0 Å². The van der Waals surface area contributed by atoms with E-state index in [4.69, 9.17) is 9.47 Å². The number of hydrogen-bond donors (Lipinski definition) is 0. The van der Waals surface area contributed by atoms with Crippen LogP contribution in [0, 0.1) is 0 Å². The zero-order valence-corrected chi connectivity index (χ0v) is 10.4. The van der Waals surface area contributed by atoms with Crippen LogP contribution in [0.2, 0.25) is 0 Å². The molecule has 0 N–H and O–H groups in total. The van der Waals surface area contributed by atoms with Crippen molar-refractivity contribution in [2.45, 2.75) is 51.4 Å². The third-order valence-corrected chi connectivity index (χ3v) is 3.02. The average molecular weight is 227 g/mol. The molecular weight excluding hydrogens is 206 g/mol. The van der Waals surface area contributed by atoms with Gasteiger partial charge in [0.25, 0.3) is 0 Å². The molecule has 0 radical (unpaired) electrons. The molecule has 4 nitrogen and oxygen atoms in total. The van der Waals surface area contributed by atoms with E-state index >= 15 is 0 Å². The first-order valence-corrected chi connectivity index (χ1v) is 6.01. The average Bonchev–Trinajstić information content (AvgIpc) is 2.53. The van der Waals surface area contributed by atoms with Gasteiger partial charge in [0.15, 0.2) is 0 Å². The van der Waals surface area contributed by atoms with Crippen molar-refractivity contribution in [3.8, 4) is 0 Å². The fraction of sp³-hybridized carbons (Fsp3) is 0.917. The summed E-state index contributed by atoms with van der Waals surface area (Å²) in [5.41, 5.74) is -0.249. The number of nitrogens with zero attached hydrogens (tertiary/aromatic N) is 1. The number of carbonyl (C=O) groups excluding carboxylic acids is 1. The number of morpholine rings is 1. The first kappa shape index (κ1) is 11.9. The first-order valence-electron chi connectivity index (χ1n) is 6.01. The zero-order valence-electron chi connectivity index (χ0n) is 10.4. The Bertz CT molecular complexity index is 260. The fourth-order valence-corrected chi connectivity index (χ4v) is 2.19. The number of ether oxygens (including phenoxy) is 2. The molecule has 2 rings (SSSR count). The standard InChI is InChI=1S/C12H21NO3/c1-12(2,3)15-8-11(14)13-6-9-4-5-10(7-13)16-9/h9-10H,4-8H2,1-3H3. The van der Waals surface area contributed by atoms with Crippen LogP contribution in [0.25, 0.3) is 0 Å². The SMILES string of the molecule is CC(C)(C)OCC(=O)N1CC2CCC(C1)O2. The van der Waals surface area contributed by atoms with E-state index in [0.717, 1.165) is 25.9 Å². The summed E-state index contributed by atoms with van der Waals surface area (Å²) in [4.78, 5) is 13.8. The van der Waals surface area contributed by atoms with Gasteiger partial charge in [-0.2, -0.15) is 0 Å². The summed E-state index contributed by atoms with van der Waals surface area (Å²) in [7, 11) is 0. The summed E-state index contributed by atoms with van der Waals surface area (Å²) >= 11 is 0. The van der Waals surface area contributed by atoms with Gasteiger partial charge in [-0.05, 0) is 33.6 Å². The van der Waals surface area contributed by atoms with E-state index in [0.29, 0.717) is 0 Å². The largest absolute Gasteiger partial charge is 0.371 e. The Balaban J connectivity index is 1.81. The second-order valence-corrected chi connectivity index (χ2v) is 5.66. The fourth-order valence-electron chi connectivity index (χ4n) is 2.19. The van der Waals surface area contributed by atoms with Crippen LogP contribution in [0.15, 0.2) is 0 Å². The highest BCUT2D eigenvalue weighted by Gasteiger charge is 2.35. The van der Waals surface area contributed by atoms with E-state index in [1.165, 1.54) is 0 Å². The van der Waals surface area contributed by atoms with Crippen LogP contribution in [0.1, 0.15) is 33.6 Å². The summed E-state index contributed by atoms with van der Waals surface area (Å²) in [6.45, 7) is 7.55. The monoisotopic (exact) mass is 227 g/mol. The lowest BCUT2D eigenvalue weighted by atomic mass is 10.2. The van der Waals surface area contributed by atoms with Gasteiger partial charge < -0.3 is 14.4 Å². The number of fused-ring (bicyclic) bond motifs is 2. The molecule has 2 aliphatic heterocycles. The topological polar surface area (TPSA) is 38.8 Å². The molecule has 2 atom stereocenters. The molecular formula is C12H21NO3. The van der Waals surface area contributed by atoms with E-state index < -0.39 is 0 Å². The highest BCUT2D eigenvalue weighted by Crippen LogP contribution is 2.26. The maximum Gasteiger partial charge on any atom is 0.248 e. The highest BCUT2D eigenvalue weighted by molar-refractivity contribution is 5.77. The van der Waals surface area contributed by atoms with E-state index in [1.54, 1.807) is 0 Å². The van der Waals surface area contributed by atoms with Gasteiger partial charge in [0, 0.05) is 13.1 Å². The molecule has 0 aromatic carbocycles. The van der Waals surface area contributed by atoms with Gasteiger partial charge in [-0.15, -0.1) is 0 Å². The second-order valence-electron chi connectivity index (χ2n) is 5.66. The number of rotatable bonds is 2. The molecule has 2 aliphatic rings. The van der Waals surface area contributed by atoms with Crippen LogP contribution in [-0.2, 0) is 14.3 Å². The lowest BCUT2D eigenvalue weighted by molar-refractivity contribution is -0.149. The lowest BCUT2D eigenvalue weighted by Crippen LogP contribution is -2.47. The quantitative estimate of drug-likeness (QED) is 0.711. The van der Waals surface area contributed by atoms with Gasteiger partial charge in [0.2, 0.25) is 5.91 Å². The molecule has 1 amide bonds. The van der Waals surface area contributed by atoms with Crippen molar-refractivity contribution in [1.29, 1.82) is 0 Å². The van der Waals surface area contributed by atoms with Gasteiger partial charge >= 0.3 is 0 Å². The van der Waals surface area contributed by atoms with Gasteiger partial charge in [-0.1, -0.05) is 0 Å². The van der Waals surface area contributed by atoms with Crippen LogP contribution in [0.4, 0.5) is 0 Å². The molecule has 0 aromatic heterocycles. The Labute approximate surface area is 96.9 Å². The van der Waals surface area contributed by atoms with Gasteiger partial charge in [-0.3, -0.25) is 4.79 Å². The normalized spacial score (nSPS) is 29.6. The zero-order chi connectivity index (χ0) is 11.8. The minimum Gasteiger partial charge on any atom is -0.371 e. The molecule has 0 spiro atoms. The summed E-state index contributed by atoms with van der Waals surface area (Å²) in [6.07, 6.45) is 2.71. The summed E-state index contributed by atoms with van der Waals surface area (Å²) in [5, 5.41) is 0. The molecule has 0 saturated carbocycles. The van der Waals surface area contributed by atoms with E-state index in [9.17, 15) is 4.79 Å². The van der Waals surface area contributed by atoms with E-state index in [2.05, 4.69) is 0 Å².